The second-order valence-corrected chi connectivity index (χ2v) is 6.21. The van der Waals surface area contributed by atoms with Gasteiger partial charge in [0.1, 0.15) is 11.6 Å². The molecule has 3 rings (SSSR count). The van der Waals surface area contributed by atoms with Crippen molar-refractivity contribution in [3.8, 4) is 5.75 Å². The van der Waals surface area contributed by atoms with Gasteiger partial charge in [-0.15, -0.1) is 0 Å². The molecule has 0 saturated heterocycles. The third-order valence-electron chi connectivity index (χ3n) is 4.53. The molecule has 0 aliphatic rings. The fourth-order valence-electron chi connectivity index (χ4n) is 2.90. The summed E-state index contributed by atoms with van der Waals surface area (Å²) in [5, 5.41) is 0.370. The summed E-state index contributed by atoms with van der Waals surface area (Å²) in [5.41, 5.74) is 2.43. The fraction of sp³-hybridized carbons (Fsp3) is 0.250. The lowest BCUT2D eigenvalue weighted by Gasteiger charge is -2.25. The first kappa shape index (κ1) is 17.2. The van der Waals surface area contributed by atoms with Gasteiger partial charge in [-0.25, -0.2) is 4.39 Å². The number of pyridine rings is 1. The van der Waals surface area contributed by atoms with E-state index in [1.54, 1.807) is 19.2 Å². The predicted octanol–water partition coefficient (Wildman–Crippen LogP) is 3.87. The van der Waals surface area contributed by atoms with Crippen molar-refractivity contribution in [2.24, 2.45) is 0 Å². The highest BCUT2D eigenvalue weighted by Crippen LogP contribution is 2.23. The zero-order valence-corrected chi connectivity index (χ0v) is 14.5. The first-order valence-corrected chi connectivity index (χ1v) is 8.13. The van der Waals surface area contributed by atoms with E-state index >= 15 is 0 Å². The number of halogens is 1. The molecule has 130 valence electrons. The average Bonchev–Trinajstić information content (AvgIpc) is 2.62. The second kappa shape index (κ2) is 7.07. The number of methoxy groups -OCH3 is 1. The molecular weight excluding hydrogens is 319 g/mol. The second-order valence-electron chi connectivity index (χ2n) is 6.21. The summed E-state index contributed by atoms with van der Waals surface area (Å²) in [7, 11) is 3.65. The van der Waals surface area contributed by atoms with E-state index in [1.807, 2.05) is 31.3 Å². The smallest absolute Gasteiger partial charge is 0.189 e. The van der Waals surface area contributed by atoms with Crippen LogP contribution in [0, 0.1) is 5.82 Å². The summed E-state index contributed by atoms with van der Waals surface area (Å²) in [6, 6.07) is 13.9. The number of nitrogens with zero attached hydrogens (tertiary/aromatic N) is 1. The zero-order chi connectivity index (χ0) is 18.0. The van der Waals surface area contributed by atoms with Crippen LogP contribution < -0.4 is 10.2 Å². The molecule has 1 N–H and O–H groups in total. The first-order valence-electron chi connectivity index (χ1n) is 8.13. The molecule has 5 heteroatoms. The van der Waals surface area contributed by atoms with Gasteiger partial charge in [-0.3, -0.25) is 9.69 Å². The molecule has 1 aromatic heterocycles. The molecule has 2 aromatic carbocycles. The molecule has 0 aliphatic carbocycles. The van der Waals surface area contributed by atoms with Crippen LogP contribution >= 0.6 is 0 Å². The van der Waals surface area contributed by atoms with Crippen LogP contribution in [0.15, 0.2) is 53.3 Å². The molecule has 1 atom stereocenters. The summed E-state index contributed by atoms with van der Waals surface area (Å²) >= 11 is 0. The Hall–Kier alpha value is -2.66. The molecule has 0 spiro atoms. The van der Waals surface area contributed by atoms with Crippen LogP contribution in [-0.2, 0) is 6.54 Å². The molecule has 0 unspecified atom stereocenters. The van der Waals surface area contributed by atoms with Crippen molar-refractivity contribution in [1.82, 2.24) is 9.88 Å². The number of benzene rings is 2. The maximum Gasteiger partial charge on any atom is 0.189 e. The van der Waals surface area contributed by atoms with Gasteiger partial charge in [-0.1, -0.05) is 12.1 Å². The molecule has 1 heterocycles. The Kier molecular flexibility index (Phi) is 4.86. The van der Waals surface area contributed by atoms with Crippen molar-refractivity contribution in [2.45, 2.75) is 19.5 Å². The Labute approximate surface area is 145 Å². The Balaban J connectivity index is 1.82. The number of nitrogens with one attached hydrogen (secondary N) is 1. The Bertz CT molecular complexity index is 935. The maximum atomic E-state index is 13.3. The molecule has 3 aromatic rings. The lowest BCUT2D eigenvalue weighted by molar-refractivity contribution is 0.250. The monoisotopic (exact) mass is 340 g/mol. The van der Waals surface area contributed by atoms with E-state index in [4.69, 9.17) is 4.74 Å². The van der Waals surface area contributed by atoms with Crippen molar-refractivity contribution in [2.75, 3.05) is 14.2 Å². The molecule has 0 fully saturated rings. The fourth-order valence-corrected chi connectivity index (χ4v) is 2.90. The zero-order valence-electron chi connectivity index (χ0n) is 14.5. The van der Waals surface area contributed by atoms with Crippen LogP contribution in [0.3, 0.4) is 0 Å². The lowest BCUT2D eigenvalue weighted by Crippen LogP contribution is -2.23. The minimum atomic E-state index is -0.406. The SMILES string of the molecule is COc1ccc([C@@H](C)N(C)Cc2cc(=O)c3cc(F)ccc3[nH]2)cc1. The van der Waals surface area contributed by atoms with Gasteiger partial charge >= 0.3 is 0 Å². The van der Waals surface area contributed by atoms with Gasteiger partial charge in [0.05, 0.1) is 7.11 Å². The minimum Gasteiger partial charge on any atom is -0.497 e. The van der Waals surface area contributed by atoms with Crippen LogP contribution in [-0.4, -0.2) is 24.0 Å². The molecular formula is C20H21FN2O2. The Morgan fingerprint density at radius 3 is 2.56 bits per heavy atom. The quantitative estimate of drug-likeness (QED) is 0.767. The number of aromatic amines is 1. The van der Waals surface area contributed by atoms with Gasteiger partial charge in [-0.2, -0.15) is 0 Å². The molecule has 0 saturated carbocycles. The summed E-state index contributed by atoms with van der Waals surface area (Å²) in [5.74, 6) is 0.417. The highest BCUT2D eigenvalue weighted by Gasteiger charge is 2.13. The van der Waals surface area contributed by atoms with E-state index in [2.05, 4.69) is 16.8 Å². The van der Waals surface area contributed by atoms with Crippen LogP contribution in [0.1, 0.15) is 24.2 Å². The average molecular weight is 340 g/mol. The summed E-state index contributed by atoms with van der Waals surface area (Å²) < 4.78 is 18.5. The van der Waals surface area contributed by atoms with Crippen LogP contribution in [0.5, 0.6) is 5.75 Å². The number of hydrogen-bond donors (Lipinski definition) is 1. The highest BCUT2D eigenvalue weighted by atomic mass is 19.1. The normalized spacial score (nSPS) is 12.5. The van der Waals surface area contributed by atoms with Gasteiger partial charge in [0.2, 0.25) is 0 Å². The summed E-state index contributed by atoms with van der Waals surface area (Å²) in [6.07, 6.45) is 0. The molecule has 4 nitrogen and oxygen atoms in total. The molecule has 0 aliphatic heterocycles. The van der Waals surface area contributed by atoms with Crippen LogP contribution in [0.4, 0.5) is 4.39 Å². The van der Waals surface area contributed by atoms with Crippen molar-refractivity contribution >= 4 is 10.9 Å². The maximum absolute atomic E-state index is 13.3. The number of rotatable bonds is 5. The van der Waals surface area contributed by atoms with Crippen LogP contribution in [0.2, 0.25) is 0 Å². The molecule has 25 heavy (non-hydrogen) atoms. The van der Waals surface area contributed by atoms with Gasteiger partial charge in [0.15, 0.2) is 5.43 Å². The largest absolute Gasteiger partial charge is 0.497 e. The van der Waals surface area contributed by atoms with E-state index in [0.29, 0.717) is 17.4 Å². The topological polar surface area (TPSA) is 45.3 Å². The number of H-pyrrole nitrogens is 1. The first-order chi connectivity index (χ1) is 12.0. The third kappa shape index (κ3) is 3.72. The van der Waals surface area contributed by atoms with E-state index < -0.39 is 5.82 Å². The minimum absolute atomic E-state index is 0.165. The summed E-state index contributed by atoms with van der Waals surface area (Å²) in [4.78, 5) is 17.6. The number of ether oxygens (including phenoxy) is 1. The van der Waals surface area contributed by atoms with Gasteiger partial charge < -0.3 is 9.72 Å². The number of aromatic nitrogens is 1. The Morgan fingerprint density at radius 2 is 1.88 bits per heavy atom. The van der Waals surface area contributed by atoms with E-state index in [-0.39, 0.29) is 11.5 Å². The number of hydrogen-bond acceptors (Lipinski definition) is 3. The Morgan fingerprint density at radius 1 is 1.16 bits per heavy atom. The van der Waals surface area contributed by atoms with Gasteiger partial charge in [0.25, 0.3) is 0 Å². The molecule has 0 radical (unpaired) electrons. The molecule has 0 bridgehead atoms. The van der Waals surface area contributed by atoms with Crippen molar-refractivity contribution < 1.29 is 9.13 Å². The predicted molar refractivity (Wildman–Crippen MR) is 97.4 cm³/mol. The van der Waals surface area contributed by atoms with E-state index in [0.717, 1.165) is 17.0 Å². The molecule has 0 amide bonds. The van der Waals surface area contributed by atoms with Crippen LogP contribution in [0.25, 0.3) is 10.9 Å². The van der Waals surface area contributed by atoms with Crippen molar-refractivity contribution in [1.29, 1.82) is 0 Å². The van der Waals surface area contributed by atoms with E-state index in [1.165, 1.54) is 12.1 Å². The van der Waals surface area contributed by atoms with Crippen molar-refractivity contribution in [3.63, 3.8) is 0 Å². The standard InChI is InChI=1S/C20H21FN2O2/c1-13(14-4-7-17(25-3)8-5-14)23(2)12-16-11-20(24)18-10-15(21)6-9-19(18)22-16/h4-11,13H,12H2,1-3H3,(H,22,24)/t13-/m1/s1. The lowest BCUT2D eigenvalue weighted by atomic mass is 10.1. The summed E-state index contributed by atoms with van der Waals surface area (Å²) in [6.45, 7) is 2.69. The van der Waals surface area contributed by atoms with Crippen molar-refractivity contribution in [3.05, 3.63) is 75.8 Å². The third-order valence-corrected chi connectivity index (χ3v) is 4.53. The van der Waals surface area contributed by atoms with Gasteiger partial charge in [0, 0.05) is 35.2 Å². The highest BCUT2D eigenvalue weighted by molar-refractivity contribution is 5.78. The number of fused-ring (bicyclic) bond motifs is 1. The van der Waals surface area contributed by atoms with E-state index in [9.17, 15) is 9.18 Å². The van der Waals surface area contributed by atoms with Gasteiger partial charge in [-0.05, 0) is 49.9 Å².